The molecule has 0 radical (unpaired) electrons. The first-order valence-corrected chi connectivity index (χ1v) is 8.28. The van der Waals surface area contributed by atoms with Gasteiger partial charge in [0.15, 0.2) is 0 Å². The lowest BCUT2D eigenvalue weighted by molar-refractivity contribution is 0.0722. The van der Waals surface area contributed by atoms with Gasteiger partial charge in [-0.05, 0) is 36.5 Å². The maximum Gasteiger partial charge on any atom is 0.127 e. The van der Waals surface area contributed by atoms with E-state index in [1.165, 1.54) is 6.07 Å². The number of aryl methyl sites for hydroxylation is 1. The molecule has 2 N–H and O–H groups in total. The van der Waals surface area contributed by atoms with E-state index in [2.05, 4.69) is 0 Å². The summed E-state index contributed by atoms with van der Waals surface area (Å²) < 4.78 is 10.6. The number of phenolic OH excluding ortho intramolecular Hbond substituents is 2. The summed E-state index contributed by atoms with van der Waals surface area (Å²) in [5.41, 5.74) is 4.66. The largest absolute Gasteiger partial charge is 0.508 e. The van der Waals surface area contributed by atoms with Crippen molar-refractivity contribution in [3.05, 3.63) is 47.0 Å². The molecule has 4 heteroatoms. The minimum atomic E-state index is 0.0993. The van der Waals surface area contributed by atoms with Crippen LogP contribution in [0.5, 0.6) is 11.5 Å². The third-order valence-corrected chi connectivity index (χ3v) is 4.09. The van der Waals surface area contributed by atoms with Crippen molar-refractivity contribution in [2.24, 2.45) is 0 Å². The molecule has 2 rings (SSSR count). The quantitative estimate of drug-likeness (QED) is 0.722. The van der Waals surface area contributed by atoms with Crippen LogP contribution in [0.3, 0.4) is 0 Å². The van der Waals surface area contributed by atoms with Crippen molar-refractivity contribution in [2.75, 3.05) is 26.9 Å². The predicted molar refractivity (Wildman–Crippen MR) is 95.7 cm³/mol. The van der Waals surface area contributed by atoms with Crippen molar-refractivity contribution >= 4 is 0 Å². The van der Waals surface area contributed by atoms with E-state index in [0.717, 1.165) is 27.8 Å². The lowest BCUT2D eigenvalue weighted by Gasteiger charge is -2.18. The second kappa shape index (κ2) is 8.71. The molecule has 0 aromatic heterocycles. The second-order valence-corrected chi connectivity index (χ2v) is 5.83. The number of phenols is 2. The van der Waals surface area contributed by atoms with Gasteiger partial charge in [-0.3, -0.25) is 0 Å². The SMILES string of the molecule is CCc1c(O)cc(O)c(-c2cccc(C)c2)c1CCOCCOC. The molecule has 0 atom stereocenters. The summed E-state index contributed by atoms with van der Waals surface area (Å²) in [6.45, 7) is 5.62. The molecular weight excluding hydrogens is 304 g/mol. The zero-order chi connectivity index (χ0) is 17.5. The van der Waals surface area contributed by atoms with Gasteiger partial charge in [0.1, 0.15) is 11.5 Å². The number of methoxy groups -OCH3 is 1. The van der Waals surface area contributed by atoms with Crippen molar-refractivity contribution in [2.45, 2.75) is 26.7 Å². The fourth-order valence-electron chi connectivity index (χ4n) is 2.96. The van der Waals surface area contributed by atoms with Crippen LogP contribution in [-0.4, -0.2) is 37.1 Å². The van der Waals surface area contributed by atoms with Crippen LogP contribution in [0.1, 0.15) is 23.6 Å². The first-order chi connectivity index (χ1) is 11.6. The zero-order valence-electron chi connectivity index (χ0n) is 14.6. The van der Waals surface area contributed by atoms with Gasteiger partial charge in [-0.2, -0.15) is 0 Å². The van der Waals surface area contributed by atoms with Crippen LogP contribution in [0.2, 0.25) is 0 Å². The molecule has 2 aromatic rings. The van der Waals surface area contributed by atoms with Crippen LogP contribution >= 0.6 is 0 Å². The van der Waals surface area contributed by atoms with Gasteiger partial charge in [-0.15, -0.1) is 0 Å². The first-order valence-electron chi connectivity index (χ1n) is 8.28. The number of rotatable bonds is 8. The van der Waals surface area contributed by atoms with Gasteiger partial charge in [0, 0.05) is 18.7 Å². The lowest BCUT2D eigenvalue weighted by atomic mass is 9.90. The summed E-state index contributed by atoms with van der Waals surface area (Å²) in [4.78, 5) is 0. The number of benzene rings is 2. The molecule has 0 unspecified atom stereocenters. The van der Waals surface area contributed by atoms with E-state index in [0.29, 0.717) is 32.7 Å². The molecule has 0 fully saturated rings. The molecule has 24 heavy (non-hydrogen) atoms. The molecule has 0 heterocycles. The zero-order valence-corrected chi connectivity index (χ0v) is 14.6. The molecule has 4 nitrogen and oxygen atoms in total. The van der Waals surface area contributed by atoms with Gasteiger partial charge >= 0.3 is 0 Å². The highest BCUT2D eigenvalue weighted by molar-refractivity contribution is 5.77. The molecule has 0 aliphatic heterocycles. The summed E-state index contributed by atoms with van der Waals surface area (Å²) in [5.74, 6) is 0.237. The third kappa shape index (κ3) is 4.28. The minimum absolute atomic E-state index is 0.0993. The number of ether oxygens (including phenoxy) is 2. The maximum atomic E-state index is 10.5. The van der Waals surface area contributed by atoms with Crippen LogP contribution in [0.15, 0.2) is 30.3 Å². The van der Waals surface area contributed by atoms with Crippen molar-refractivity contribution < 1.29 is 19.7 Å². The normalized spacial score (nSPS) is 11.0. The number of hydrogen-bond acceptors (Lipinski definition) is 4. The van der Waals surface area contributed by atoms with Gasteiger partial charge in [-0.25, -0.2) is 0 Å². The molecule has 0 bridgehead atoms. The van der Waals surface area contributed by atoms with Crippen LogP contribution in [0.4, 0.5) is 0 Å². The van der Waals surface area contributed by atoms with Gasteiger partial charge in [0.25, 0.3) is 0 Å². The summed E-state index contributed by atoms with van der Waals surface area (Å²) in [6, 6.07) is 9.46. The fraction of sp³-hybridized carbons (Fsp3) is 0.400. The summed E-state index contributed by atoms with van der Waals surface area (Å²) >= 11 is 0. The Labute approximate surface area is 143 Å². The minimum Gasteiger partial charge on any atom is -0.508 e. The van der Waals surface area contributed by atoms with Gasteiger partial charge in [-0.1, -0.05) is 36.8 Å². The Kier molecular flexibility index (Phi) is 6.64. The molecule has 0 aliphatic rings. The topological polar surface area (TPSA) is 58.9 Å². The molecule has 0 saturated heterocycles. The molecule has 0 saturated carbocycles. The van der Waals surface area contributed by atoms with E-state index in [9.17, 15) is 10.2 Å². The van der Waals surface area contributed by atoms with E-state index in [-0.39, 0.29) is 11.5 Å². The maximum absolute atomic E-state index is 10.5. The van der Waals surface area contributed by atoms with Gasteiger partial charge < -0.3 is 19.7 Å². The van der Waals surface area contributed by atoms with Gasteiger partial charge in [0.05, 0.1) is 19.8 Å². The third-order valence-electron chi connectivity index (χ3n) is 4.09. The fourth-order valence-corrected chi connectivity index (χ4v) is 2.96. The Morgan fingerprint density at radius 3 is 2.42 bits per heavy atom. The predicted octanol–water partition coefficient (Wildman–Crippen LogP) is 3.84. The summed E-state index contributed by atoms with van der Waals surface area (Å²) in [6.07, 6.45) is 1.32. The molecular formula is C20H26O4. The highest BCUT2D eigenvalue weighted by Crippen LogP contribution is 2.40. The Balaban J connectivity index is 2.40. The van der Waals surface area contributed by atoms with Crippen molar-refractivity contribution in [3.63, 3.8) is 0 Å². The van der Waals surface area contributed by atoms with Crippen LogP contribution < -0.4 is 0 Å². The first kappa shape index (κ1) is 18.3. The van der Waals surface area contributed by atoms with Crippen LogP contribution in [0.25, 0.3) is 11.1 Å². The smallest absolute Gasteiger partial charge is 0.127 e. The molecule has 2 aromatic carbocycles. The monoisotopic (exact) mass is 330 g/mol. The van der Waals surface area contributed by atoms with Crippen molar-refractivity contribution in [1.82, 2.24) is 0 Å². The molecule has 0 aliphatic carbocycles. The highest BCUT2D eigenvalue weighted by atomic mass is 16.5. The van der Waals surface area contributed by atoms with E-state index < -0.39 is 0 Å². The van der Waals surface area contributed by atoms with E-state index >= 15 is 0 Å². The highest BCUT2D eigenvalue weighted by Gasteiger charge is 2.18. The van der Waals surface area contributed by atoms with E-state index in [1.807, 2.05) is 38.1 Å². The molecule has 0 amide bonds. The summed E-state index contributed by atoms with van der Waals surface area (Å²) in [7, 11) is 1.64. The summed E-state index contributed by atoms with van der Waals surface area (Å²) in [5, 5.41) is 20.7. The lowest BCUT2D eigenvalue weighted by Crippen LogP contribution is -2.07. The second-order valence-electron chi connectivity index (χ2n) is 5.83. The van der Waals surface area contributed by atoms with Crippen molar-refractivity contribution in [3.8, 4) is 22.6 Å². The van der Waals surface area contributed by atoms with Gasteiger partial charge in [0.2, 0.25) is 0 Å². The average molecular weight is 330 g/mol. The Morgan fingerprint density at radius 1 is 0.958 bits per heavy atom. The van der Waals surface area contributed by atoms with Crippen LogP contribution in [-0.2, 0) is 22.3 Å². The Hall–Kier alpha value is -2.04. The van der Waals surface area contributed by atoms with E-state index in [4.69, 9.17) is 9.47 Å². The van der Waals surface area contributed by atoms with Crippen LogP contribution in [0, 0.1) is 6.92 Å². The standard InChI is InChI=1S/C20H26O4/c1-4-16-17(8-9-24-11-10-23-3)20(19(22)13-18(16)21)15-7-5-6-14(2)12-15/h5-7,12-13,21-22H,4,8-11H2,1-3H3. The Morgan fingerprint density at radius 2 is 1.75 bits per heavy atom. The molecule has 130 valence electrons. The Bertz CT molecular complexity index is 680. The number of hydrogen-bond donors (Lipinski definition) is 2. The molecule has 0 spiro atoms. The number of aromatic hydroxyl groups is 2. The van der Waals surface area contributed by atoms with E-state index in [1.54, 1.807) is 7.11 Å². The van der Waals surface area contributed by atoms with Crippen molar-refractivity contribution in [1.29, 1.82) is 0 Å². The average Bonchev–Trinajstić information content (AvgIpc) is 2.54.